The molecule has 1 aromatic carbocycles. The standard InChI is InChI=1S/C17H24N2O2S/c1-3-15-22(20,21)19-13-11-18(12-14-19)10-4-5-17-8-6-16(2)7-9-17/h6-9H,3,10-15H2,1-2H3. The third kappa shape index (κ3) is 4.84. The Morgan fingerprint density at radius 3 is 2.32 bits per heavy atom. The van der Waals surface area contributed by atoms with Crippen LogP contribution in [0.5, 0.6) is 0 Å². The van der Waals surface area contributed by atoms with E-state index in [-0.39, 0.29) is 5.75 Å². The van der Waals surface area contributed by atoms with Crippen molar-refractivity contribution in [2.45, 2.75) is 20.3 Å². The van der Waals surface area contributed by atoms with Gasteiger partial charge in [0.1, 0.15) is 0 Å². The second-order valence-electron chi connectivity index (χ2n) is 5.66. The summed E-state index contributed by atoms with van der Waals surface area (Å²) in [4.78, 5) is 2.21. The average molecular weight is 320 g/mol. The molecule has 1 aliphatic heterocycles. The van der Waals surface area contributed by atoms with Crippen LogP contribution in [0.1, 0.15) is 24.5 Å². The second kappa shape index (κ2) is 7.77. The molecule has 0 atom stereocenters. The van der Waals surface area contributed by atoms with E-state index in [0.29, 0.717) is 26.1 Å². The molecule has 1 heterocycles. The van der Waals surface area contributed by atoms with Crippen LogP contribution in [-0.4, -0.2) is 56.1 Å². The molecule has 5 heteroatoms. The van der Waals surface area contributed by atoms with Gasteiger partial charge in [-0.25, -0.2) is 8.42 Å². The molecule has 0 radical (unpaired) electrons. The zero-order valence-corrected chi connectivity index (χ0v) is 14.2. The Morgan fingerprint density at radius 2 is 1.73 bits per heavy atom. The van der Waals surface area contributed by atoms with Gasteiger partial charge in [-0.3, -0.25) is 4.90 Å². The number of benzene rings is 1. The molecule has 0 aromatic heterocycles. The largest absolute Gasteiger partial charge is 0.290 e. The normalized spacial score (nSPS) is 17.0. The van der Waals surface area contributed by atoms with Crippen molar-refractivity contribution in [1.29, 1.82) is 0 Å². The quantitative estimate of drug-likeness (QED) is 0.793. The van der Waals surface area contributed by atoms with E-state index in [2.05, 4.69) is 35.8 Å². The lowest BCUT2D eigenvalue weighted by Gasteiger charge is -2.32. The van der Waals surface area contributed by atoms with E-state index in [4.69, 9.17) is 0 Å². The molecule has 0 aliphatic carbocycles. The average Bonchev–Trinajstić information content (AvgIpc) is 2.50. The number of nitrogens with zero attached hydrogens (tertiary/aromatic N) is 2. The SMILES string of the molecule is CCCS(=O)(=O)N1CCN(CC#Cc2ccc(C)cc2)CC1. The van der Waals surface area contributed by atoms with Crippen LogP contribution in [-0.2, 0) is 10.0 Å². The molecular weight excluding hydrogens is 296 g/mol. The summed E-state index contributed by atoms with van der Waals surface area (Å²) in [6, 6.07) is 8.16. The highest BCUT2D eigenvalue weighted by Gasteiger charge is 2.25. The second-order valence-corrected chi connectivity index (χ2v) is 7.75. The van der Waals surface area contributed by atoms with Gasteiger partial charge < -0.3 is 0 Å². The fourth-order valence-electron chi connectivity index (χ4n) is 2.44. The predicted octanol–water partition coefficient (Wildman–Crippen LogP) is 1.70. The lowest BCUT2D eigenvalue weighted by molar-refractivity contribution is 0.207. The van der Waals surface area contributed by atoms with Crippen molar-refractivity contribution in [3.05, 3.63) is 35.4 Å². The van der Waals surface area contributed by atoms with Crippen LogP contribution in [0.3, 0.4) is 0 Å². The van der Waals surface area contributed by atoms with Crippen LogP contribution in [0.15, 0.2) is 24.3 Å². The third-order valence-electron chi connectivity index (χ3n) is 3.77. The van der Waals surface area contributed by atoms with Crippen molar-refractivity contribution in [3.8, 4) is 11.8 Å². The first-order valence-electron chi connectivity index (χ1n) is 7.77. The number of piperazine rings is 1. The molecule has 1 fully saturated rings. The molecule has 1 aliphatic rings. The Balaban J connectivity index is 1.82. The first kappa shape index (κ1) is 17.0. The van der Waals surface area contributed by atoms with Crippen molar-refractivity contribution >= 4 is 10.0 Å². The molecule has 4 nitrogen and oxygen atoms in total. The predicted molar refractivity (Wildman–Crippen MR) is 90.1 cm³/mol. The van der Waals surface area contributed by atoms with Crippen molar-refractivity contribution in [2.75, 3.05) is 38.5 Å². The first-order valence-corrected chi connectivity index (χ1v) is 9.38. The van der Waals surface area contributed by atoms with Crippen LogP contribution in [0.25, 0.3) is 0 Å². The highest BCUT2D eigenvalue weighted by molar-refractivity contribution is 7.89. The molecule has 1 aromatic rings. The summed E-state index contributed by atoms with van der Waals surface area (Å²) in [5.41, 5.74) is 2.25. The van der Waals surface area contributed by atoms with Crippen molar-refractivity contribution in [3.63, 3.8) is 0 Å². The van der Waals surface area contributed by atoms with Gasteiger partial charge in [0.05, 0.1) is 12.3 Å². The molecule has 22 heavy (non-hydrogen) atoms. The minimum absolute atomic E-state index is 0.250. The maximum absolute atomic E-state index is 12.0. The minimum atomic E-state index is -3.05. The fraction of sp³-hybridized carbons (Fsp3) is 0.529. The number of hydrogen-bond acceptors (Lipinski definition) is 3. The summed E-state index contributed by atoms with van der Waals surface area (Å²) in [6.45, 7) is 7.31. The van der Waals surface area contributed by atoms with Crippen molar-refractivity contribution < 1.29 is 8.42 Å². The molecule has 0 amide bonds. The van der Waals surface area contributed by atoms with E-state index in [1.54, 1.807) is 4.31 Å². The van der Waals surface area contributed by atoms with Gasteiger partial charge in [0.15, 0.2) is 0 Å². The highest BCUT2D eigenvalue weighted by atomic mass is 32.2. The highest BCUT2D eigenvalue weighted by Crippen LogP contribution is 2.08. The molecule has 2 rings (SSSR count). The Labute approximate surface area is 134 Å². The minimum Gasteiger partial charge on any atom is -0.290 e. The Bertz CT molecular complexity index is 633. The van der Waals surface area contributed by atoms with E-state index >= 15 is 0 Å². The Hall–Kier alpha value is -1.35. The molecule has 0 N–H and O–H groups in total. The Kier molecular flexibility index (Phi) is 6.01. The van der Waals surface area contributed by atoms with Gasteiger partial charge in [0.2, 0.25) is 10.0 Å². The topological polar surface area (TPSA) is 40.6 Å². The van der Waals surface area contributed by atoms with Crippen molar-refractivity contribution in [2.24, 2.45) is 0 Å². The zero-order valence-electron chi connectivity index (χ0n) is 13.4. The van der Waals surface area contributed by atoms with Gasteiger partial charge in [-0.05, 0) is 25.5 Å². The van der Waals surface area contributed by atoms with Crippen LogP contribution in [0, 0.1) is 18.8 Å². The Morgan fingerprint density at radius 1 is 1.09 bits per heavy atom. The summed E-state index contributed by atoms with van der Waals surface area (Å²) in [5.74, 6) is 6.59. The van der Waals surface area contributed by atoms with Crippen LogP contribution < -0.4 is 0 Å². The summed E-state index contributed by atoms with van der Waals surface area (Å²) in [5, 5.41) is 0. The van der Waals surface area contributed by atoms with E-state index in [1.165, 1.54) is 5.56 Å². The fourth-order valence-corrected chi connectivity index (χ4v) is 3.94. The molecule has 0 spiro atoms. The van der Waals surface area contributed by atoms with Gasteiger partial charge in [-0.1, -0.05) is 36.5 Å². The summed E-state index contributed by atoms with van der Waals surface area (Å²) in [7, 11) is -3.05. The van der Waals surface area contributed by atoms with Crippen LogP contribution in [0.2, 0.25) is 0 Å². The number of rotatable bonds is 4. The van der Waals surface area contributed by atoms with E-state index in [9.17, 15) is 8.42 Å². The van der Waals surface area contributed by atoms with Gasteiger partial charge in [-0.2, -0.15) is 4.31 Å². The molecule has 0 saturated carbocycles. The number of aryl methyl sites for hydroxylation is 1. The first-order chi connectivity index (χ1) is 10.5. The lowest BCUT2D eigenvalue weighted by atomic mass is 10.1. The van der Waals surface area contributed by atoms with E-state index in [0.717, 1.165) is 18.7 Å². The molecule has 1 saturated heterocycles. The van der Waals surface area contributed by atoms with E-state index in [1.807, 2.05) is 19.1 Å². The summed E-state index contributed by atoms with van der Waals surface area (Å²) < 4.78 is 25.6. The van der Waals surface area contributed by atoms with Gasteiger partial charge >= 0.3 is 0 Å². The summed E-state index contributed by atoms with van der Waals surface area (Å²) in [6.07, 6.45) is 0.671. The zero-order chi connectivity index (χ0) is 16.0. The number of sulfonamides is 1. The van der Waals surface area contributed by atoms with Gasteiger partial charge in [-0.15, -0.1) is 0 Å². The van der Waals surface area contributed by atoms with Gasteiger partial charge in [0, 0.05) is 31.7 Å². The third-order valence-corrected chi connectivity index (χ3v) is 5.85. The van der Waals surface area contributed by atoms with Crippen molar-refractivity contribution in [1.82, 2.24) is 9.21 Å². The molecule has 0 bridgehead atoms. The van der Waals surface area contributed by atoms with E-state index < -0.39 is 10.0 Å². The monoisotopic (exact) mass is 320 g/mol. The number of hydrogen-bond donors (Lipinski definition) is 0. The van der Waals surface area contributed by atoms with Crippen LogP contribution in [0.4, 0.5) is 0 Å². The maximum Gasteiger partial charge on any atom is 0.214 e. The lowest BCUT2D eigenvalue weighted by Crippen LogP contribution is -2.49. The summed E-state index contributed by atoms with van der Waals surface area (Å²) >= 11 is 0. The maximum atomic E-state index is 12.0. The molecule has 0 unspecified atom stereocenters. The van der Waals surface area contributed by atoms with Crippen LogP contribution >= 0.6 is 0 Å². The van der Waals surface area contributed by atoms with Gasteiger partial charge in [0.25, 0.3) is 0 Å². The molecular formula is C17H24N2O2S. The smallest absolute Gasteiger partial charge is 0.214 e. The molecule has 120 valence electrons.